The molecule has 2 aliphatic carbocycles. The Morgan fingerprint density at radius 2 is 1.67 bits per heavy atom. The van der Waals surface area contributed by atoms with Gasteiger partial charge in [-0.1, -0.05) is 13.8 Å². The third kappa shape index (κ3) is 3.66. The van der Waals surface area contributed by atoms with Gasteiger partial charge in [-0.2, -0.15) is 0 Å². The molecule has 0 radical (unpaired) electrons. The van der Waals surface area contributed by atoms with Gasteiger partial charge in [-0.15, -0.1) is 0 Å². The number of aromatic nitrogens is 2. The fourth-order valence-electron chi connectivity index (χ4n) is 3.28. The molecule has 2 saturated carbocycles. The summed E-state index contributed by atoms with van der Waals surface area (Å²) in [6, 6.07) is 0. The van der Waals surface area contributed by atoms with Gasteiger partial charge in [0.1, 0.15) is 18.0 Å². The van der Waals surface area contributed by atoms with Gasteiger partial charge in [0, 0.05) is 18.7 Å². The molecule has 0 aromatic carbocycles. The molecule has 2 N–H and O–H groups in total. The standard InChI is InChI=1S/C17H28N4/c1-3-9-18-16-14(4-2)17(21-11-20-16)19-10-15(12-5-6-12)13-7-8-13/h11-13,15H,3-10H2,1-2H3,(H2,18,19,20,21). The zero-order valence-corrected chi connectivity index (χ0v) is 13.4. The van der Waals surface area contributed by atoms with Crippen molar-refractivity contribution in [1.29, 1.82) is 0 Å². The number of nitrogens with one attached hydrogen (secondary N) is 2. The van der Waals surface area contributed by atoms with Crippen molar-refractivity contribution in [1.82, 2.24) is 9.97 Å². The molecular weight excluding hydrogens is 260 g/mol. The summed E-state index contributed by atoms with van der Waals surface area (Å²) in [6.07, 6.45) is 9.52. The van der Waals surface area contributed by atoms with Gasteiger partial charge in [0.2, 0.25) is 0 Å². The van der Waals surface area contributed by atoms with Crippen molar-refractivity contribution in [3.05, 3.63) is 11.9 Å². The number of hydrogen-bond acceptors (Lipinski definition) is 4. The first-order chi connectivity index (χ1) is 10.3. The first-order valence-electron chi connectivity index (χ1n) is 8.65. The van der Waals surface area contributed by atoms with E-state index in [0.29, 0.717) is 0 Å². The molecule has 0 amide bonds. The van der Waals surface area contributed by atoms with E-state index in [9.17, 15) is 0 Å². The highest BCUT2D eigenvalue weighted by Crippen LogP contribution is 2.49. The topological polar surface area (TPSA) is 49.8 Å². The second kappa shape index (κ2) is 6.63. The summed E-state index contributed by atoms with van der Waals surface area (Å²) in [5.74, 6) is 4.88. The Morgan fingerprint density at radius 3 is 2.19 bits per heavy atom. The molecule has 2 fully saturated rings. The van der Waals surface area contributed by atoms with Crippen LogP contribution in [0, 0.1) is 17.8 Å². The van der Waals surface area contributed by atoms with Crippen LogP contribution in [-0.2, 0) is 6.42 Å². The van der Waals surface area contributed by atoms with Crippen molar-refractivity contribution in [3.8, 4) is 0 Å². The number of anilines is 2. The van der Waals surface area contributed by atoms with Crippen LogP contribution in [0.3, 0.4) is 0 Å². The van der Waals surface area contributed by atoms with Gasteiger partial charge in [-0.25, -0.2) is 9.97 Å². The lowest BCUT2D eigenvalue weighted by atomic mass is 9.98. The summed E-state index contributed by atoms with van der Waals surface area (Å²) >= 11 is 0. The van der Waals surface area contributed by atoms with E-state index in [-0.39, 0.29) is 0 Å². The fourth-order valence-corrected chi connectivity index (χ4v) is 3.28. The fraction of sp³-hybridized carbons (Fsp3) is 0.765. The number of nitrogens with zero attached hydrogens (tertiary/aromatic N) is 2. The van der Waals surface area contributed by atoms with E-state index >= 15 is 0 Å². The predicted octanol–water partition coefficient (Wildman–Crippen LogP) is 3.71. The summed E-state index contributed by atoms with van der Waals surface area (Å²) in [4.78, 5) is 8.89. The zero-order chi connectivity index (χ0) is 14.7. The predicted molar refractivity (Wildman–Crippen MR) is 87.6 cm³/mol. The highest BCUT2D eigenvalue weighted by molar-refractivity contribution is 5.57. The van der Waals surface area contributed by atoms with E-state index in [1.54, 1.807) is 6.33 Å². The average molecular weight is 288 g/mol. The first kappa shape index (κ1) is 14.6. The van der Waals surface area contributed by atoms with Crippen molar-refractivity contribution >= 4 is 11.6 Å². The third-order valence-electron chi connectivity index (χ3n) is 4.80. The molecular formula is C17H28N4. The SMILES string of the molecule is CCCNc1ncnc(NCC(C2CC2)C2CC2)c1CC. The summed E-state index contributed by atoms with van der Waals surface area (Å²) in [5, 5.41) is 7.05. The quantitative estimate of drug-likeness (QED) is 0.727. The van der Waals surface area contributed by atoms with Crippen molar-refractivity contribution in [3.63, 3.8) is 0 Å². The monoisotopic (exact) mass is 288 g/mol. The van der Waals surface area contributed by atoms with Crippen LogP contribution in [0.15, 0.2) is 6.33 Å². The Hall–Kier alpha value is -1.32. The summed E-state index contributed by atoms with van der Waals surface area (Å²) < 4.78 is 0. The number of hydrogen-bond donors (Lipinski definition) is 2. The van der Waals surface area contributed by atoms with Crippen LogP contribution in [0.5, 0.6) is 0 Å². The van der Waals surface area contributed by atoms with Gasteiger partial charge < -0.3 is 10.6 Å². The highest BCUT2D eigenvalue weighted by atomic mass is 15.1. The summed E-state index contributed by atoms with van der Waals surface area (Å²) in [7, 11) is 0. The Morgan fingerprint density at radius 1 is 1.05 bits per heavy atom. The molecule has 3 rings (SSSR count). The largest absolute Gasteiger partial charge is 0.370 e. The second-order valence-electron chi connectivity index (χ2n) is 6.55. The molecule has 0 spiro atoms. The smallest absolute Gasteiger partial charge is 0.134 e. The normalized spacial score (nSPS) is 18.0. The molecule has 0 aliphatic heterocycles. The Bertz CT molecular complexity index is 454. The molecule has 1 aromatic heterocycles. The average Bonchev–Trinajstić information content (AvgIpc) is 3.38. The minimum atomic E-state index is 0.872. The van der Waals surface area contributed by atoms with Gasteiger partial charge >= 0.3 is 0 Å². The molecule has 0 atom stereocenters. The van der Waals surface area contributed by atoms with Crippen LogP contribution in [0.2, 0.25) is 0 Å². The van der Waals surface area contributed by atoms with Crippen molar-refractivity contribution in [2.24, 2.45) is 17.8 Å². The molecule has 4 nitrogen and oxygen atoms in total. The molecule has 4 heteroatoms. The molecule has 0 unspecified atom stereocenters. The van der Waals surface area contributed by atoms with Crippen LogP contribution in [0.4, 0.5) is 11.6 Å². The zero-order valence-electron chi connectivity index (χ0n) is 13.4. The molecule has 116 valence electrons. The van der Waals surface area contributed by atoms with Crippen LogP contribution in [0.1, 0.15) is 51.5 Å². The third-order valence-corrected chi connectivity index (χ3v) is 4.80. The van der Waals surface area contributed by atoms with Crippen LogP contribution >= 0.6 is 0 Å². The van der Waals surface area contributed by atoms with Crippen LogP contribution in [-0.4, -0.2) is 23.1 Å². The molecule has 0 saturated heterocycles. The highest BCUT2D eigenvalue weighted by Gasteiger charge is 2.41. The molecule has 1 heterocycles. The van der Waals surface area contributed by atoms with E-state index < -0.39 is 0 Å². The maximum Gasteiger partial charge on any atom is 0.134 e. The van der Waals surface area contributed by atoms with Crippen LogP contribution < -0.4 is 10.6 Å². The molecule has 2 aliphatic rings. The summed E-state index contributed by atoms with van der Waals surface area (Å²) in [5.41, 5.74) is 1.23. The van der Waals surface area contributed by atoms with Gasteiger partial charge in [0.25, 0.3) is 0 Å². The van der Waals surface area contributed by atoms with E-state index in [1.807, 2.05) is 0 Å². The van der Waals surface area contributed by atoms with Gasteiger partial charge in [0.15, 0.2) is 0 Å². The molecule has 21 heavy (non-hydrogen) atoms. The van der Waals surface area contributed by atoms with Crippen molar-refractivity contribution in [2.75, 3.05) is 23.7 Å². The second-order valence-corrected chi connectivity index (χ2v) is 6.55. The Balaban J connectivity index is 1.65. The van der Waals surface area contributed by atoms with Gasteiger partial charge in [-0.05, 0) is 56.3 Å². The van der Waals surface area contributed by atoms with Gasteiger partial charge in [-0.3, -0.25) is 0 Å². The summed E-state index contributed by atoms with van der Waals surface area (Å²) in [6.45, 7) is 6.41. The van der Waals surface area contributed by atoms with Gasteiger partial charge in [0.05, 0.1) is 0 Å². The van der Waals surface area contributed by atoms with E-state index in [2.05, 4.69) is 34.4 Å². The van der Waals surface area contributed by atoms with Crippen molar-refractivity contribution < 1.29 is 0 Å². The molecule has 0 bridgehead atoms. The Labute approximate surface area is 128 Å². The minimum Gasteiger partial charge on any atom is -0.370 e. The lowest BCUT2D eigenvalue weighted by Gasteiger charge is -2.19. The lowest BCUT2D eigenvalue weighted by molar-refractivity contribution is 0.427. The maximum absolute atomic E-state index is 4.49. The van der Waals surface area contributed by atoms with E-state index in [0.717, 1.165) is 55.3 Å². The molecule has 1 aromatic rings. The lowest BCUT2D eigenvalue weighted by Crippen LogP contribution is -2.20. The van der Waals surface area contributed by atoms with E-state index in [4.69, 9.17) is 0 Å². The minimum absolute atomic E-state index is 0.872. The number of rotatable bonds is 9. The van der Waals surface area contributed by atoms with Crippen LogP contribution in [0.25, 0.3) is 0 Å². The Kier molecular flexibility index (Phi) is 4.61. The first-order valence-corrected chi connectivity index (χ1v) is 8.65. The maximum atomic E-state index is 4.49. The van der Waals surface area contributed by atoms with Crippen molar-refractivity contribution in [2.45, 2.75) is 52.4 Å². The van der Waals surface area contributed by atoms with E-state index in [1.165, 1.54) is 31.2 Å².